The number of rotatable bonds is 3. The summed E-state index contributed by atoms with van der Waals surface area (Å²) in [5.41, 5.74) is 1.49. The van der Waals surface area contributed by atoms with Crippen molar-refractivity contribution < 1.29 is 13.2 Å². The van der Waals surface area contributed by atoms with E-state index in [1.54, 1.807) is 18.2 Å². The van der Waals surface area contributed by atoms with Gasteiger partial charge in [0.2, 0.25) is 5.91 Å². The highest BCUT2D eigenvalue weighted by molar-refractivity contribution is 7.91. The van der Waals surface area contributed by atoms with E-state index in [2.05, 4.69) is 0 Å². The molecule has 1 aliphatic rings. The fourth-order valence-corrected chi connectivity index (χ4v) is 4.34. The topological polar surface area (TPSA) is 54.5 Å². The van der Waals surface area contributed by atoms with Gasteiger partial charge in [0.15, 0.2) is 9.84 Å². The van der Waals surface area contributed by atoms with E-state index in [9.17, 15) is 13.2 Å². The molecular weight excluding hydrogens is 321 g/mol. The first-order chi connectivity index (χ1) is 9.34. The second-order valence-corrected chi connectivity index (χ2v) is 7.79. The first kappa shape index (κ1) is 15.6. The summed E-state index contributed by atoms with van der Waals surface area (Å²) in [6, 6.07) is 4.86. The summed E-state index contributed by atoms with van der Waals surface area (Å²) in [4.78, 5) is 13.5. The van der Waals surface area contributed by atoms with Gasteiger partial charge in [0.1, 0.15) is 5.88 Å². The third-order valence-corrected chi connectivity index (χ3v) is 5.78. The maximum absolute atomic E-state index is 12.1. The number of aryl methyl sites for hydroxylation is 1. The molecule has 1 heterocycles. The number of hydrogen-bond donors (Lipinski definition) is 0. The van der Waals surface area contributed by atoms with Crippen LogP contribution in [0.5, 0.6) is 0 Å². The van der Waals surface area contributed by atoms with Crippen LogP contribution >= 0.6 is 23.2 Å². The van der Waals surface area contributed by atoms with Crippen molar-refractivity contribution in [3.8, 4) is 0 Å². The molecule has 1 saturated heterocycles. The van der Waals surface area contributed by atoms with E-state index in [4.69, 9.17) is 23.2 Å². The molecule has 0 radical (unpaired) electrons. The molecule has 0 N–H and O–H groups in total. The molecular formula is C13H15Cl2NO3S. The Hall–Kier alpha value is -0.780. The molecule has 0 aliphatic carbocycles. The van der Waals surface area contributed by atoms with Gasteiger partial charge in [0.05, 0.1) is 17.5 Å². The number of nitrogens with zero attached hydrogens (tertiary/aromatic N) is 1. The third kappa shape index (κ3) is 3.27. The number of carbonyl (C=O) groups excluding carboxylic acids is 1. The zero-order valence-electron chi connectivity index (χ0n) is 11.0. The molecule has 1 amide bonds. The molecule has 1 aliphatic heterocycles. The molecule has 4 nitrogen and oxygen atoms in total. The Morgan fingerprint density at radius 3 is 2.65 bits per heavy atom. The maximum Gasteiger partial charge on any atom is 0.242 e. The Balaban J connectivity index is 2.38. The minimum absolute atomic E-state index is 0.0267. The highest BCUT2D eigenvalue weighted by Gasteiger charge is 2.35. The Labute approximate surface area is 128 Å². The molecule has 2 rings (SSSR count). The van der Waals surface area contributed by atoms with Gasteiger partial charge in [-0.15, -0.1) is 11.6 Å². The summed E-state index contributed by atoms with van der Waals surface area (Å²) < 4.78 is 23.2. The lowest BCUT2D eigenvalue weighted by Gasteiger charge is -2.28. The minimum Gasteiger partial charge on any atom is -0.307 e. The van der Waals surface area contributed by atoms with E-state index in [1.807, 2.05) is 6.92 Å². The average molecular weight is 336 g/mol. The smallest absolute Gasteiger partial charge is 0.242 e. The number of halogens is 2. The van der Waals surface area contributed by atoms with Crippen molar-refractivity contribution in [3.05, 3.63) is 28.8 Å². The van der Waals surface area contributed by atoms with Gasteiger partial charge in [-0.2, -0.15) is 0 Å². The molecule has 0 unspecified atom stereocenters. The molecule has 1 aromatic carbocycles. The van der Waals surface area contributed by atoms with Gasteiger partial charge >= 0.3 is 0 Å². The normalized spacial score (nSPS) is 20.9. The van der Waals surface area contributed by atoms with E-state index < -0.39 is 9.84 Å². The van der Waals surface area contributed by atoms with Crippen LogP contribution in [0.4, 0.5) is 5.69 Å². The summed E-state index contributed by atoms with van der Waals surface area (Å²) in [5, 5.41) is 0.538. The monoisotopic (exact) mass is 335 g/mol. The van der Waals surface area contributed by atoms with Gasteiger partial charge in [-0.1, -0.05) is 17.7 Å². The predicted molar refractivity (Wildman–Crippen MR) is 81.5 cm³/mol. The summed E-state index contributed by atoms with van der Waals surface area (Å²) in [7, 11) is -3.08. The van der Waals surface area contributed by atoms with Gasteiger partial charge in [0.25, 0.3) is 0 Å². The van der Waals surface area contributed by atoms with Crippen molar-refractivity contribution in [3.63, 3.8) is 0 Å². The first-order valence-corrected chi connectivity index (χ1v) is 8.92. The van der Waals surface area contributed by atoms with E-state index in [-0.39, 0.29) is 29.3 Å². The van der Waals surface area contributed by atoms with Crippen LogP contribution in [0.15, 0.2) is 18.2 Å². The van der Waals surface area contributed by atoms with E-state index >= 15 is 0 Å². The Morgan fingerprint density at radius 2 is 2.15 bits per heavy atom. The van der Waals surface area contributed by atoms with E-state index in [0.717, 1.165) is 5.56 Å². The Kier molecular flexibility index (Phi) is 4.62. The lowest BCUT2D eigenvalue weighted by atomic mass is 10.1. The quantitative estimate of drug-likeness (QED) is 0.797. The van der Waals surface area contributed by atoms with Crippen LogP contribution in [0.1, 0.15) is 12.0 Å². The van der Waals surface area contributed by atoms with Crippen LogP contribution < -0.4 is 4.90 Å². The summed E-state index contributed by atoms with van der Waals surface area (Å²) in [6.07, 6.45) is 0.427. The van der Waals surface area contributed by atoms with Gasteiger partial charge in [0, 0.05) is 10.7 Å². The van der Waals surface area contributed by atoms with Gasteiger partial charge in [-0.3, -0.25) is 4.79 Å². The molecule has 7 heteroatoms. The Bertz CT molecular complexity index is 631. The zero-order valence-corrected chi connectivity index (χ0v) is 13.3. The molecule has 1 aromatic rings. The fourth-order valence-electron chi connectivity index (χ4n) is 2.33. The fraction of sp³-hybridized carbons (Fsp3) is 0.462. The largest absolute Gasteiger partial charge is 0.307 e. The Morgan fingerprint density at radius 1 is 1.45 bits per heavy atom. The predicted octanol–water partition coefficient (Wildman–Crippen LogP) is 2.41. The second kappa shape index (κ2) is 5.92. The van der Waals surface area contributed by atoms with Gasteiger partial charge in [-0.05, 0) is 31.0 Å². The highest BCUT2D eigenvalue weighted by Crippen LogP contribution is 2.28. The van der Waals surface area contributed by atoms with Crippen molar-refractivity contribution in [2.24, 2.45) is 0 Å². The summed E-state index contributed by atoms with van der Waals surface area (Å²) in [5.74, 6) is -0.430. The van der Waals surface area contributed by atoms with Crippen LogP contribution in [-0.4, -0.2) is 37.8 Å². The molecule has 1 fully saturated rings. The highest BCUT2D eigenvalue weighted by atomic mass is 35.5. The third-order valence-electron chi connectivity index (χ3n) is 3.39. The van der Waals surface area contributed by atoms with Gasteiger partial charge in [-0.25, -0.2) is 8.42 Å². The number of alkyl halides is 1. The number of carbonyl (C=O) groups is 1. The van der Waals surface area contributed by atoms with Crippen LogP contribution in [-0.2, 0) is 14.6 Å². The number of amides is 1. The summed E-state index contributed by atoms with van der Waals surface area (Å²) >= 11 is 11.7. The first-order valence-electron chi connectivity index (χ1n) is 6.18. The summed E-state index contributed by atoms with van der Waals surface area (Å²) in [6.45, 7) is 1.86. The standard InChI is InChI=1S/C13H15Cl2NO3S/c1-9-2-3-10(6-12(9)15)16(13(17)7-14)11-4-5-20(18,19)8-11/h2-3,6,11H,4-5,7-8H2,1H3/t11-/m1/s1. The van der Waals surface area contributed by atoms with Crippen LogP contribution in [0, 0.1) is 6.92 Å². The SMILES string of the molecule is Cc1ccc(N(C(=O)CCl)[C@@H]2CCS(=O)(=O)C2)cc1Cl. The molecule has 0 bridgehead atoms. The van der Waals surface area contributed by atoms with Crippen molar-refractivity contribution in [2.45, 2.75) is 19.4 Å². The van der Waals surface area contributed by atoms with Crippen LogP contribution in [0.3, 0.4) is 0 Å². The second-order valence-electron chi connectivity index (χ2n) is 4.89. The molecule has 110 valence electrons. The maximum atomic E-state index is 12.1. The van der Waals surface area contributed by atoms with Crippen LogP contribution in [0.25, 0.3) is 0 Å². The molecule has 0 saturated carbocycles. The van der Waals surface area contributed by atoms with Crippen LogP contribution in [0.2, 0.25) is 5.02 Å². The van der Waals surface area contributed by atoms with E-state index in [0.29, 0.717) is 17.1 Å². The van der Waals surface area contributed by atoms with Crippen molar-refractivity contribution >= 4 is 44.6 Å². The average Bonchev–Trinajstić information content (AvgIpc) is 2.74. The van der Waals surface area contributed by atoms with Crippen molar-refractivity contribution in [1.82, 2.24) is 0 Å². The van der Waals surface area contributed by atoms with E-state index in [1.165, 1.54) is 4.90 Å². The lowest BCUT2D eigenvalue weighted by Crippen LogP contribution is -2.42. The molecule has 0 spiro atoms. The molecule has 1 atom stereocenters. The number of sulfone groups is 1. The lowest BCUT2D eigenvalue weighted by molar-refractivity contribution is -0.116. The molecule has 0 aromatic heterocycles. The van der Waals surface area contributed by atoms with Crippen molar-refractivity contribution in [2.75, 3.05) is 22.3 Å². The number of anilines is 1. The zero-order chi connectivity index (χ0) is 14.9. The number of benzene rings is 1. The van der Waals surface area contributed by atoms with Gasteiger partial charge < -0.3 is 4.90 Å². The van der Waals surface area contributed by atoms with Crippen molar-refractivity contribution in [1.29, 1.82) is 0 Å². The molecule has 20 heavy (non-hydrogen) atoms. The number of hydrogen-bond acceptors (Lipinski definition) is 3. The minimum atomic E-state index is -3.08.